The Bertz CT molecular complexity index is 2000. The van der Waals surface area contributed by atoms with E-state index >= 15 is 0 Å². The van der Waals surface area contributed by atoms with E-state index in [1.807, 2.05) is 72.8 Å². The third kappa shape index (κ3) is 4.76. The van der Waals surface area contributed by atoms with Gasteiger partial charge in [0.1, 0.15) is 0 Å². The van der Waals surface area contributed by atoms with Gasteiger partial charge in [0.2, 0.25) is 5.91 Å². The molecule has 0 aliphatic rings. The summed E-state index contributed by atoms with van der Waals surface area (Å²) in [4.78, 5) is 12.7. The fourth-order valence-corrected chi connectivity index (χ4v) is 6.84. The minimum atomic E-state index is -3.55. The molecule has 0 saturated carbocycles. The summed E-state index contributed by atoms with van der Waals surface area (Å²) in [5, 5.41) is 2.34. The van der Waals surface area contributed by atoms with Crippen LogP contribution in [0.15, 0.2) is 120 Å². The van der Waals surface area contributed by atoms with E-state index in [0.29, 0.717) is 22.0 Å². The number of hydrogen-bond donors (Lipinski definition) is 1. The van der Waals surface area contributed by atoms with Crippen molar-refractivity contribution in [2.24, 2.45) is 5.73 Å². The van der Waals surface area contributed by atoms with Crippen molar-refractivity contribution in [2.75, 3.05) is 0 Å². The van der Waals surface area contributed by atoms with E-state index in [9.17, 15) is 13.2 Å². The maximum absolute atomic E-state index is 13.3. The second kappa shape index (κ2) is 10.3. The van der Waals surface area contributed by atoms with E-state index in [1.54, 1.807) is 36.4 Å². The maximum atomic E-state index is 13.3. The molecule has 0 saturated heterocycles. The first-order chi connectivity index (χ1) is 19.3. The molecule has 2 N–H and O–H groups in total. The van der Waals surface area contributed by atoms with Gasteiger partial charge < -0.3 is 10.3 Å². The van der Waals surface area contributed by atoms with Gasteiger partial charge in [-0.25, -0.2) is 8.42 Å². The number of nitrogens with zero attached hydrogens (tertiary/aromatic N) is 1. The summed E-state index contributed by atoms with van der Waals surface area (Å²) in [5.74, 6) is -0.617. The Balaban J connectivity index is 1.52. The van der Waals surface area contributed by atoms with Gasteiger partial charge in [-0.05, 0) is 64.7 Å². The number of carbonyl (C=O) groups excluding carboxylic acids is 1. The normalized spacial score (nSPS) is 11.7. The maximum Gasteiger partial charge on any atom is 0.249 e. The zero-order chi connectivity index (χ0) is 27.9. The van der Waals surface area contributed by atoms with E-state index in [0.717, 1.165) is 44.1 Å². The molecule has 7 heteroatoms. The lowest BCUT2D eigenvalue weighted by Crippen LogP contribution is -2.11. The second-order valence-corrected chi connectivity index (χ2v) is 12.2. The number of carbonyl (C=O) groups is 1. The van der Waals surface area contributed by atoms with Crippen molar-refractivity contribution in [1.82, 2.24) is 4.57 Å². The van der Waals surface area contributed by atoms with Crippen LogP contribution in [0.5, 0.6) is 0 Å². The van der Waals surface area contributed by atoms with Crippen molar-refractivity contribution in [2.45, 2.75) is 17.2 Å². The topological polar surface area (TPSA) is 82.2 Å². The highest BCUT2D eigenvalue weighted by Gasteiger charge is 2.20. The summed E-state index contributed by atoms with van der Waals surface area (Å²) < 4.78 is 28.6. The lowest BCUT2D eigenvalue weighted by atomic mass is 10.0. The first-order valence-corrected chi connectivity index (χ1v) is 14.8. The van der Waals surface area contributed by atoms with Gasteiger partial charge in [0.05, 0.1) is 21.7 Å². The molecule has 0 spiro atoms. The molecule has 0 atom stereocenters. The van der Waals surface area contributed by atoms with E-state index < -0.39 is 15.7 Å². The number of hydrogen-bond acceptors (Lipinski definition) is 3. The van der Waals surface area contributed by atoms with Crippen LogP contribution in [0.1, 0.15) is 21.5 Å². The number of halogens is 1. The Kier molecular flexibility index (Phi) is 6.66. The third-order valence-electron chi connectivity index (χ3n) is 7.23. The van der Waals surface area contributed by atoms with Crippen molar-refractivity contribution >= 4 is 49.2 Å². The van der Waals surface area contributed by atoms with E-state index in [4.69, 9.17) is 17.3 Å². The summed E-state index contributed by atoms with van der Waals surface area (Å²) in [6, 6.07) is 35.4. The minimum absolute atomic E-state index is 0.118. The number of amides is 1. The summed E-state index contributed by atoms with van der Waals surface area (Å²) >= 11 is 6.12. The summed E-state index contributed by atoms with van der Waals surface area (Å²) in [6.07, 6.45) is 0. The average molecular weight is 565 g/mol. The van der Waals surface area contributed by atoms with Gasteiger partial charge in [-0.1, -0.05) is 84.4 Å². The van der Waals surface area contributed by atoms with Crippen molar-refractivity contribution in [3.8, 4) is 11.1 Å². The molecule has 0 radical (unpaired) electrons. The number of primary amides is 1. The monoisotopic (exact) mass is 564 g/mol. The first-order valence-electron chi connectivity index (χ1n) is 12.8. The quantitative estimate of drug-likeness (QED) is 0.222. The van der Waals surface area contributed by atoms with Crippen LogP contribution in [-0.2, 0) is 22.1 Å². The van der Waals surface area contributed by atoms with Gasteiger partial charge in [0.25, 0.3) is 0 Å². The molecule has 5 aromatic carbocycles. The van der Waals surface area contributed by atoms with E-state index in [1.165, 1.54) is 0 Å². The van der Waals surface area contributed by atoms with Gasteiger partial charge in [-0.15, -0.1) is 0 Å². The summed E-state index contributed by atoms with van der Waals surface area (Å²) in [7, 11) is -3.55. The van der Waals surface area contributed by atoms with Crippen LogP contribution in [0.25, 0.3) is 32.9 Å². The van der Waals surface area contributed by atoms with Gasteiger partial charge >= 0.3 is 0 Å². The van der Waals surface area contributed by atoms with Crippen LogP contribution < -0.4 is 5.73 Å². The van der Waals surface area contributed by atoms with Gasteiger partial charge in [0.15, 0.2) is 9.84 Å². The number of fused-ring (bicyclic) bond motifs is 3. The number of nitrogens with two attached hydrogens (primary N) is 1. The molecule has 1 amide bonds. The number of sulfone groups is 1. The van der Waals surface area contributed by atoms with Gasteiger partial charge in [-0.3, -0.25) is 4.79 Å². The number of rotatable bonds is 7. The molecule has 0 aliphatic heterocycles. The van der Waals surface area contributed by atoms with Crippen LogP contribution in [0.4, 0.5) is 0 Å². The lowest BCUT2D eigenvalue weighted by Gasteiger charge is -2.14. The standard InChI is InChI=1S/C33H25ClN2O3S/c34-26-16-13-22(14-17-26)23-15-18-28-31(19-23)36(30-12-6-11-29(32(28)30)33(35)37)20-24-7-4-5-8-25(24)21-40(38,39)27-9-2-1-3-10-27/h1-19H,20-21H2,(H2,35,37). The highest BCUT2D eigenvalue weighted by atomic mass is 35.5. The SMILES string of the molecule is NC(=O)c1cccc2c1c1ccc(-c3ccc(Cl)cc3)cc1n2Cc1ccccc1CS(=O)(=O)c1ccccc1. The van der Waals surface area contributed by atoms with Crippen molar-refractivity contribution in [3.63, 3.8) is 0 Å². The largest absolute Gasteiger partial charge is 0.366 e. The molecule has 0 bridgehead atoms. The van der Waals surface area contributed by atoms with Crippen LogP contribution >= 0.6 is 11.6 Å². The first kappa shape index (κ1) is 25.9. The smallest absolute Gasteiger partial charge is 0.249 e. The van der Waals surface area contributed by atoms with E-state index in [2.05, 4.69) is 10.6 Å². The molecule has 1 aromatic heterocycles. The molecule has 0 aliphatic carbocycles. The van der Waals surface area contributed by atoms with Crippen molar-refractivity contribution in [1.29, 1.82) is 0 Å². The zero-order valence-corrected chi connectivity index (χ0v) is 23.0. The number of benzene rings is 5. The average Bonchev–Trinajstić information content (AvgIpc) is 3.27. The molecule has 40 heavy (non-hydrogen) atoms. The molecule has 5 nitrogen and oxygen atoms in total. The minimum Gasteiger partial charge on any atom is -0.366 e. The zero-order valence-electron chi connectivity index (χ0n) is 21.4. The molecule has 198 valence electrons. The van der Waals surface area contributed by atoms with Crippen molar-refractivity contribution in [3.05, 3.63) is 137 Å². The molecule has 0 fully saturated rings. The highest BCUT2D eigenvalue weighted by molar-refractivity contribution is 7.90. The Morgan fingerprint density at radius 2 is 1.40 bits per heavy atom. The fourth-order valence-electron chi connectivity index (χ4n) is 5.28. The third-order valence-corrected chi connectivity index (χ3v) is 9.16. The van der Waals surface area contributed by atoms with Crippen molar-refractivity contribution < 1.29 is 13.2 Å². The van der Waals surface area contributed by atoms with Gasteiger partial charge in [0, 0.05) is 27.9 Å². The molecule has 1 heterocycles. The Morgan fingerprint density at radius 1 is 0.725 bits per heavy atom. The molecular formula is C33H25ClN2O3S. The Hall–Kier alpha value is -4.39. The predicted molar refractivity (Wildman–Crippen MR) is 161 cm³/mol. The highest BCUT2D eigenvalue weighted by Crippen LogP contribution is 2.35. The summed E-state index contributed by atoms with van der Waals surface area (Å²) in [5.41, 5.74) is 11.6. The van der Waals surface area contributed by atoms with Crippen LogP contribution in [0.3, 0.4) is 0 Å². The predicted octanol–water partition coefficient (Wildman–Crippen LogP) is 7.24. The van der Waals surface area contributed by atoms with Gasteiger partial charge in [-0.2, -0.15) is 0 Å². The van der Waals surface area contributed by atoms with Crippen LogP contribution in [-0.4, -0.2) is 18.9 Å². The molecule has 0 unspecified atom stereocenters. The summed E-state index contributed by atoms with van der Waals surface area (Å²) in [6.45, 7) is 0.409. The van der Waals surface area contributed by atoms with Crippen LogP contribution in [0, 0.1) is 0 Å². The molecule has 6 rings (SSSR count). The fraction of sp³-hybridized carbons (Fsp3) is 0.0606. The van der Waals surface area contributed by atoms with Crippen LogP contribution in [0.2, 0.25) is 5.02 Å². The Morgan fingerprint density at radius 3 is 2.12 bits per heavy atom. The number of aromatic nitrogens is 1. The second-order valence-electron chi connectivity index (χ2n) is 9.73. The Labute approximate surface area is 237 Å². The lowest BCUT2D eigenvalue weighted by molar-refractivity contribution is 0.100. The molecular weight excluding hydrogens is 540 g/mol. The van der Waals surface area contributed by atoms with E-state index in [-0.39, 0.29) is 5.75 Å². The molecule has 6 aromatic rings.